The van der Waals surface area contributed by atoms with E-state index in [2.05, 4.69) is 21.0 Å². The lowest BCUT2D eigenvalue weighted by Gasteiger charge is -2.08. The molecule has 0 atom stereocenters. The van der Waals surface area contributed by atoms with Gasteiger partial charge in [0.2, 0.25) is 17.6 Å². The van der Waals surface area contributed by atoms with Gasteiger partial charge in [-0.15, -0.1) is 0 Å². The van der Waals surface area contributed by atoms with Crippen molar-refractivity contribution < 1.29 is 24.0 Å². The van der Waals surface area contributed by atoms with Gasteiger partial charge in [0.15, 0.2) is 0 Å². The highest BCUT2D eigenvalue weighted by molar-refractivity contribution is 6.31. The Hall–Kier alpha value is -3.59. The molecule has 0 spiro atoms. The van der Waals surface area contributed by atoms with Crippen molar-refractivity contribution in [1.82, 2.24) is 21.0 Å². The number of aryl methyl sites for hydroxylation is 1. The average molecular weight is 417 g/mol. The number of hydrogen-bond acceptors (Lipinski definition) is 7. The van der Waals surface area contributed by atoms with Gasteiger partial charge in [-0.1, -0.05) is 16.8 Å². The Kier molecular flexibility index (Phi) is 6.30. The van der Waals surface area contributed by atoms with Crippen LogP contribution in [0.15, 0.2) is 47.0 Å². The van der Waals surface area contributed by atoms with E-state index in [0.717, 1.165) is 5.56 Å². The molecule has 0 aliphatic carbocycles. The number of phenols is 1. The Morgan fingerprint density at radius 3 is 2.66 bits per heavy atom. The monoisotopic (exact) mass is 416 g/mol. The highest BCUT2D eigenvalue weighted by atomic mass is 35.5. The zero-order chi connectivity index (χ0) is 20.8. The minimum atomic E-state index is -0.696. The number of nitrogens with one attached hydrogen (secondary N) is 2. The largest absolute Gasteiger partial charge is 0.507 e. The number of benzene rings is 2. The van der Waals surface area contributed by atoms with E-state index < -0.39 is 11.8 Å². The molecule has 2 amide bonds. The molecule has 29 heavy (non-hydrogen) atoms. The number of halogens is 1. The summed E-state index contributed by atoms with van der Waals surface area (Å²) in [5, 5.41) is 13.8. The zero-order valence-electron chi connectivity index (χ0n) is 15.3. The Morgan fingerprint density at radius 1 is 1.17 bits per heavy atom. The predicted molar refractivity (Wildman–Crippen MR) is 103 cm³/mol. The van der Waals surface area contributed by atoms with E-state index in [4.69, 9.17) is 20.9 Å². The Labute approximate surface area is 170 Å². The van der Waals surface area contributed by atoms with Crippen molar-refractivity contribution >= 4 is 23.4 Å². The van der Waals surface area contributed by atoms with Crippen LogP contribution in [-0.4, -0.2) is 34.2 Å². The van der Waals surface area contributed by atoms with E-state index in [1.165, 1.54) is 18.2 Å². The molecule has 3 aromatic rings. The van der Waals surface area contributed by atoms with E-state index in [0.29, 0.717) is 11.6 Å². The molecule has 3 N–H and O–H groups in total. The van der Waals surface area contributed by atoms with Crippen molar-refractivity contribution in [2.45, 2.75) is 12.8 Å². The lowest BCUT2D eigenvalue weighted by Crippen LogP contribution is -2.41. The fourth-order valence-corrected chi connectivity index (χ4v) is 2.55. The van der Waals surface area contributed by atoms with Crippen molar-refractivity contribution in [2.75, 3.05) is 7.11 Å². The van der Waals surface area contributed by atoms with E-state index in [1.54, 1.807) is 31.4 Å². The number of aromatic nitrogens is 2. The number of carbonyl (C=O) groups excluding carboxylic acids is 2. The SMILES string of the molecule is COc1ccc(-c2noc(CCC(=O)NNC(=O)c3cc(Cl)ccc3O)n2)cc1. The maximum atomic E-state index is 12.0. The summed E-state index contributed by atoms with van der Waals surface area (Å²) in [7, 11) is 1.58. The van der Waals surface area contributed by atoms with Gasteiger partial charge >= 0.3 is 0 Å². The standard InChI is InChI=1S/C19H17ClN4O5/c1-28-13-5-2-11(3-6-13)18-21-17(29-24-18)9-8-16(26)22-23-19(27)14-10-12(20)4-7-15(14)25/h2-7,10,25H,8-9H2,1H3,(H,22,26)(H,23,27). The molecule has 150 valence electrons. The van der Waals surface area contributed by atoms with Crippen LogP contribution >= 0.6 is 11.6 Å². The zero-order valence-corrected chi connectivity index (χ0v) is 16.1. The second-order valence-electron chi connectivity index (χ2n) is 5.90. The molecule has 2 aromatic carbocycles. The van der Waals surface area contributed by atoms with Crippen LogP contribution in [0.25, 0.3) is 11.4 Å². The molecule has 0 saturated heterocycles. The summed E-state index contributed by atoms with van der Waals surface area (Å²) in [6, 6.07) is 11.2. The highest BCUT2D eigenvalue weighted by Gasteiger charge is 2.14. The second kappa shape index (κ2) is 9.07. The first-order chi connectivity index (χ1) is 14.0. The average Bonchev–Trinajstić information content (AvgIpc) is 3.21. The summed E-state index contributed by atoms with van der Waals surface area (Å²) in [5.74, 6) is -0.0278. The number of carbonyl (C=O) groups is 2. The maximum Gasteiger partial charge on any atom is 0.273 e. The van der Waals surface area contributed by atoms with Gasteiger partial charge < -0.3 is 14.4 Å². The quantitative estimate of drug-likeness (QED) is 0.527. The van der Waals surface area contributed by atoms with Gasteiger partial charge in [-0.2, -0.15) is 4.98 Å². The highest BCUT2D eigenvalue weighted by Crippen LogP contribution is 2.21. The van der Waals surface area contributed by atoms with Crippen LogP contribution in [0.2, 0.25) is 5.02 Å². The molecular formula is C19H17ClN4O5. The fraction of sp³-hybridized carbons (Fsp3) is 0.158. The van der Waals surface area contributed by atoms with E-state index in [9.17, 15) is 14.7 Å². The summed E-state index contributed by atoms with van der Waals surface area (Å²) in [5.41, 5.74) is 5.15. The van der Waals surface area contributed by atoms with Gasteiger partial charge in [-0.25, -0.2) is 0 Å². The van der Waals surface area contributed by atoms with E-state index >= 15 is 0 Å². The Morgan fingerprint density at radius 2 is 1.93 bits per heavy atom. The Balaban J connectivity index is 1.50. The molecule has 0 unspecified atom stereocenters. The summed E-state index contributed by atoms with van der Waals surface area (Å²) >= 11 is 5.79. The van der Waals surface area contributed by atoms with Crippen molar-refractivity contribution in [3.63, 3.8) is 0 Å². The van der Waals surface area contributed by atoms with Gasteiger partial charge in [0.1, 0.15) is 11.5 Å². The summed E-state index contributed by atoms with van der Waals surface area (Å²) in [4.78, 5) is 28.2. The van der Waals surface area contributed by atoms with Crippen LogP contribution in [-0.2, 0) is 11.2 Å². The second-order valence-corrected chi connectivity index (χ2v) is 6.34. The van der Waals surface area contributed by atoms with Crippen molar-refractivity contribution in [2.24, 2.45) is 0 Å². The van der Waals surface area contributed by atoms with Gasteiger partial charge in [0.25, 0.3) is 5.91 Å². The third-order valence-corrected chi connectivity index (χ3v) is 4.14. The van der Waals surface area contributed by atoms with Crippen molar-refractivity contribution in [3.05, 3.63) is 58.9 Å². The molecule has 0 aliphatic heterocycles. The number of hydrogen-bond donors (Lipinski definition) is 3. The third kappa shape index (κ3) is 5.23. The lowest BCUT2D eigenvalue weighted by atomic mass is 10.2. The summed E-state index contributed by atoms with van der Waals surface area (Å²) < 4.78 is 10.2. The van der Waals surface area contributed by atoms with Crippen molar-refractivity contribution in [1.29, 1.82) is 0 Å². The molecule has 0 radical (unpaired) electrons. The van der Waals surface area contributed by atoms with Crippen LogP contribution in [0.3, 0.4) is 0 Å². The van der Waals surface area contributed by atoms with Crippen LogP contribution in [0.4, 0.5) is 0 Å². The molecule has 1 aromatic heterocycles. The first kappa shape index (κ1) is 20.2. The number of rotatable bonds is 6. The summed E-state index contributed by atoms with van der Waals surface area (Å²) in [6.07, 6.45) is 0.194. The van der Waals surface area contributed by atoms with E-state index in [1.807, 2.05) is 0 Å². The van der Waals surface area contributed by atoms with Crippen LogP contribution < -0.4 is 15.6 Å². The first-order valence-corrected chi connectivity index (χ1v) is 8.89. The molecule has 1 heterocycles. The molecule has 9 nitrogen and oxygen atoms in total. The number of ether oxygens (including phenoxy) is 1. The fourth-order valence-electron chi connectivity index (χ4n) is 2.38. The summed E-state index contributed by atoms with van der Waals surface area (Å²) in [6.45, 7) is 0. The number of nitrogens with zero attached hydrogens (tertiary/aromatic N) is 2. The molecule has 0 fully saturated rings. The molecule has 10 heteroatoms. The van der Waals surface area contributed by atoms with Crippen LogP contribution in [0, 0.1) is 0 Å². The molecular weight excluding hydrogens is 400 g/mol. The first-order valence-electron chi connectivity index (χ1n) is 8.51. The van der Waals surface area contributed by atoms with Crippen LogP contribution in [0.5, 0.6) is 11.5 Å². The Bertz CT molecular complexity index is 1020. The van der Waals surface area contributed by atoms with Gasteiger partial charge in [-0.05, 0) is 42.5 Å². The van der Waals surface area contributed by atoms with Gasteiger partial charge in [0.05, 0.1) is 12.7 Å². The number of phenolic OH excluding ortho intramolecular Hbond substituents is 1. The maximum absolute atomic E-state index is 12.0. The number of methoxy groups -OCH3 is 1. The van der Waals surface area contributed by atoms with Gasteiger partial charge in [0, 0.05) is 23.4 Å². The minimum Gasteiger partial charge on any atom is -0.507 e. The number of aromatic hydroxyl groups is 1. The minimum absolute atomic E-state index is 0.00601. The molecule has 0 aliphatic rings. The lowest BCUT2D eigenvalue weighted by molar-refractivity contribution is -0.121. The van der Waals surface area contributed by atoms with Crippen LogP contribution in [0.1, 0.15) is 22.7 Å². The third-order valence-electron chi connectivity index (χ3n) is 3.90. The van der Waals surface area contributed by atoms with Crippen molar-refractivity contribution in [3.8, 4) is 22.9 Å². The predicted octanol–water partition coefficient (Wildman–Crippen LogP) is 2.50. The number of hydrazine groups is 1. The smallest absolute Gasteiger partial charge is 0.273 e. The van der Waals surface area contributed by atoms with Gasteiger partial charge in [-0.3, -0.25) is 20.4 Å². The topological polar surface area (TPSA) is 127 Å². The van der Waals surface area contributed by atoms with E-state index in [-0.39, 0.29) is 35.1 Å². The normalized spacial score (nSPS) is 10.4. The molecule has 0 saturated carbocycles. The molecule has 0 bridgehead atoms. The number of amides is 2. The molecule has 3 rings (SSSR count).